The van der Waals surface area contributed by atoms with Crippen molar-refractivity contribution >= 4 is 5.91 Å². The lowest BCUT2D eigenvalue weighted by atomic mass is 9.98. The molecule has 386 valence electrons. The van der Waals surface area contributed by atoms with Gasteiger partial charge in [0.25, 0.3) is 0 Å². The van der Waals surface area contributed by atoms with E-state index in [4.69, 9.17) is 9.47 Å². The van der Waals surface area contributed by atoms with E-state index in [1.165, 1.54) is 116 Å². The van der Waals surface area contributed by atoms with Gasteiger partial charge in [0, 0.05) is 0 Å². The molecular formula is C55H101NO10. The first-order valence-electron chi connectivity index (χ1n) is 27.0. The van der Waals surface area contributed by atoms with Gasteiger partial charge < -0.3 is 50.5 Å². The van der Waals surface area contributed by atoms with Gasteiger partial charge in [0.05, 0.1) is 25.4 Å². The van der Waals surface area contributed by atoms with Crippen molar-refractivity contribution in [2.24, 2.45) is 0 Å². The fraction of sp³-hybridized carbons (Fsp3) is 0.836. The van der Waals surface area contributed by atoms with Crippen LogP contribution < -0.4 is 5.32 Å². The number of aliphatic hydroxyl groups excluding tert-OH is 7. The molecule has 1 aliphatic heterocycles. The first-order valence-corrected chi connectivity index (χ1v) is 27.0. The summed E-state index contributed by atoms with van der Waals surface area (Å²) in [4.78, 5) is 13.1. The fourth-order valence-corrected chi connectivity index (χ4v) is 8.35. The third-order valence-corrected chi connectivity index (χ3v) is 12.8. The van der Waals surface area contributed by atoms with Gasteiger partial charge in [0.2, 0.25) is 5.91 Å². The Hall–Kier alpha value is -1.93. The Balaban J connectivity index is 2.41. The minimum Gasteiger partial charge on any atom is -0.394 e. The van der Waals surface area contributed by atoms with Gasteiger partial charge in [0.1, 0.15) is 36.6 Å². The highest BCUT2D eigenvalue weighted by molar-refractivity contribution is 5.80. The molecule has 1 amide bonds. The quantitative estimate of drug-likeness (QED) is 0.0216. The second-order valence-corrected chi connectivity index (χ2v) is 18.9. The van der Waals surface area contributed by atoms with Crippen molar-refractivity contribution in [3.63, 3.8) is 0 Å². The summed E-state index contributed by atoms with van der Waals surface area (Å²) in [5, 5.41) is 75.9. The van der Waals surface area contributed by atoms with Crippen molar-refractivity contribution < 1.29 is 50.0 Å². The summed E-state index contributed by atoms with van der Waals surface area (Å²) in [5.41, 5.74) is 0. The molecule has 1 fully saturated rings. The van der Waals surface area contributed by atoms with Gasteiger partial charge in [-0.2, -0.15) is 0 Å². The van der Waals surface area contributed by atoms with E-state index in [-0.39, 0.29) is 12.8 Å². The molecule has 0 aromatic carbocycles. The van der Waals surface area contributed by atoms with Crippen molar-refractivity contribution in [2.75, 3.05) is 13.2 Å². The van der Waals surface area contributed by atoms with Crippen LogP contribution in [0.1, 0.15) is 226 Å². The van der Waals surface area contributed by atoms with Gasteiger partial charge in [-0.3, -0.25) is 4.79 Å². The Morgan fingerprint density at radius 3 is 1.35 bits per heavy atom. The largest absolute Gasteiger partial charge is 0.394 e. The molecular weight excluding hydrogens is 835 g/mol. The second-order valence-electron chi connectivity index (χ2n) is 18.9. The Kier molecular flexibility index (Phi) is 41.7. The molecule has 1 aliphatic rings. The normalized spacial score (nSPS) is 21.1. The summed E-state index contributed by atoms with van der Waals surface area (Å²) < 4.78 is 11.1. The average molecular weight is 936 g/mol. The molecule has 0 aromatic heterocycles. The second kappa shape index (κ2) is 44.3. The van der Waals surface area contributed by atoms with E-state index in [1.807, 2.05) is 0 Å². The molecule has 11 nitrogen and oxygen atoms in total. The molecule has 9 atom stereocenters. The monoisotopic (exact) mass is 936 g/mol. The molecule has 1 rings (SSSR count). The molecule has 0 radical (unpaired) electrons. The van der Waals surface area contributed by atoms with E-state index in [1.54, 1.807) is 0 Å². The van der Waals surface area contributed by atoms with E-state index in [0.717, 1.165) is 64.2 Å². The minimum atomic E-state index is -1.67. The number of carbonyl (C=O) groups is 1. The van der Waals surface area contributed by atoms with Crippen molar-refractivity contribution in [1.82, 2.24) is 5.32 Å². The van der Waals surface area contributed by atoms with E-state index >= 15 is 0 Å². The molecule has 8 N–H and O–H groups in total. The van der Waals surface area contributed by atoms with Crippen LogP contribution in [0.25, 0.3) is 0 Å². The SMILES string of the molecule is CCCCCCCC/C=C/CC/C=C/CC/C=C/CCCC(O)C(O)C(COC1OC(CO)C(O)C(O)C1O)NC(=O)C(O)CCCCCCCC/C=C\CCCCCCCCCCCC. The number of carbonyl (C=O) groups excluding carboxylic acids is 1. The zero-order chi connectivity index (χ0) is 48.3. The smallest absolute Gasteiger partial charge is 0.249 e. The number of aliphatic hydroxyl groups is 7. The molecule has 0 spiro atoms. The average Bonchev–Trinajstić information content (AvgIpc) is 3.32. The van der Waals surface area contributed by atoms with Crippen LogP contribution in [0.15, 0.2) is 48.6 Å². The maximum atomic E-state index is 13.1. The van der Waals surface area contributed by atoms with E-state index in [0.29, 0.717) is 19.3 Å². The number of allylic oxidation sites excluding steroid dienone is 8. The van der Waals surface area contributed by atoms with Crippen LogP contribution in [0, 0.1) is 0 Å². The number of nitrogens with one attached hydrogen (secondary N) is 1. The molecule has 9 unspecified atom stereocenters. The zero-order valence-electron chi connectivity index (χ0n) is 41.9. The first kappa shape index (κ1) is 62.1. The predicted molar refractivity (Wildman–Crippen MR) is 270 cm³/mol. The Bertz CT molecular complexity index is 1210. The predicted octanol–water partition coefficient (Wildman–Crippen LogP) is 10.5. The summed E-state index contributed by atoms with van der Waals surface area (Å²) in [7, 11) is 0. The standard InChI is InChI=1S/C55H101NO10/c1-3-5-7-9-11-13-15-17-19-21-23-25-27-29-31-33-35-37-39-41-43-48(59)54(64)56-46(45-65-55-53(63)52(62)51(61)49(44-57)66-55)50(60)47(58)42-40-38-36-34-32-30-28-26-24-22-20-18-16-14-12-10-8-6-4-2/h18,20,25-28,34,36,46-53,55,57-63H,3-17,19,21-24,29-33,35,37-45H2,1-2H3,(H,56,64)/b20-18+,27-25-,28-26+,36-34+. The number of hydrogen-bond donors (Lipinski definition) is 8. The summed E-state index contributed by atoms with van der Waals surface area (Å²) in [6.07, 6.45) is 43.0. The summed E-state index contributed by atoms with van der Waals surface area (Å²) in [5.74, 6) is -0.717. The summed E-state index contributed by atoms with van der Waals surface area (Å²) in [6, 6.07) is -1.20. The first-order chi connectivity index (χ1) is 32.2. The highest BCUT2D eigenvalue weighted by atomic mass is 16.7. The number of ether oxygens (including phenoxy) is 2. The Morgan fingerprint density at radius 2 is 0.909 bits per heavy atom. The Morgan fingerprint density at radius 1 is 0.515 bits per heavy atom. The third-order valence-electron chi connectivity index (χ3n) is 12.8. The summed E-state index contributed by atoms with van der Waals surface area (Å²) >= 11 is 0. The van der Waals surface area contributed by atoms with Gasteiger partial charge in [-0.15, -0.1) is 0 Å². The van der Waals surface area contributed by atoms with Gasteiger partial charge in [-0.1, -0.05) is 184 Å². The topological polar surface area (TPSA) is 189 Å². The molecule has 0 bridgehead atoms. The molecule has 1 heterocycles. The minimum absolute atomic E-state index is 0.239. The third kappa shape index (κ3) is 32.8. The number of rotatable bonds is 45. The van der Waals surface area contributed by atoms with Crippen LogP contribution in [0.2, 0.25) is 0 Å². The van der Waals surface area contributed by atoms with Crippen molar-refractivity contribution in [3.05, 3.63) is 48.6 Å². The van der Waals surface area contributed by atoms with Crippen molar-refractivity contribution in [2.45, 2.75) is 281 Å². The fourth-order valence-electron chi connectivity index (χ4n) is 8.35. The maximum absolute atomic E-state index is 13.1. The van der Waals surface area contributed by atoms with Crippen molar-refractivity contribution in [1.29, 1.82) is 0 Å². The van der Waals surface area contributed by atoms with Crippen LogP contribution in [0.3, 0.4) is 0 Å². The van der Waals surface area contributed by atoms with E-state index in [2.05, 4.69) is 67.8 Å². The van der Waals surface area contributed by atoms with Crippen LogP contribution in [0.5, 0.6) is 0 Å². The van der Waals surface area contributed by atoms with Crippen LogP contribution in [-0.4, -0.2) is 110 Å². The van der Waals surface area contributed by atoms with Crippen LogP contribution in [-0.2, 0) is 14.3 Å². The van der Waals surface area contributed by atoms with Gasteiger partial charge in [-0.05, 0) is 89.9 Å². The highest BCUT2D eigenvalue weighted by Crippen LogP contribution is 2.23. The Labute approximate surface area is 402 Å². The van der Waals surface area contributed by atoms with E-state index < -0.39 is 74.2 Å². The van der Waals surface area contributed by atoms with E-state index in [9.17, 15) is 40.5 Å². The molecule has 66 heavy (non-hydrogen) atoms. The highest BCUT2D eigenvalue weighted by Gasteiger charge is 2.44. The number of amides is 1. The van der Waals surface area contributed by atoms with Gasteiger partial charge in [0.15, 0.2) is 6.29 Å². The summed E-state index contributed by atoms with van der Waals surface area (Å²) in [6.45, 7) is 3.42. The maximum Gasteiger partial charge on any atom is 0.249 e. The molecule has 0 saturated carbocycles. The van der Waals surface area contributed by atoms with Crippen LogP contribution in [0.4, 0.5) is 0 Å². The molecule has 0 aliphatic carbocycles. The molecule has 11 heteroatoms. The lowest BCUT2D eigenvalue weighted by molar-refractivity contribution is -0.303. The van der Waals surface area contributed by atoms with Crippen LogP contribution >= 0.6 is 0 Å². The molecule has 0 aromatic rings. The van der Waals surface area contributed by atoms with Crippen molar-refractivity contribution in [3.8, 4) is 0 Å². The lowest BCUT2D eigenvalue weighted by Crippen LogP contribution is -2.60. The lowest BCUT2D eigenvalue weighted by Gasteiger charge is -2.40. The number of hydrogen-bond acceptors (Lipinski definition) is 10. The number of unbranched alkanes of at least 4 members (excludes halogenated alkanes) is 25. The zero-order valence-corrected chi connectivity index (χ0v) is 41.9. The molecule has 1 saturated heterocycles. The van der Waals surface area contributed by atoms with Gasteiger partial charge >= 0.3 is 0 Å². The van der Waals surface area contributed by atoms with Gasteiger partial charge in [-0.25, -0.2) is 0 Å².